The van der Waals surface area contributed by atoms with E-state index in [0.29, 0.717) is 29.0 Å². The molecule has 2 aliphatic rings. The second-order valence-corrected chi connectivity index (χ2v) is 6.82. The summed E-state index contributed by atoms with van der Waals surface area (Å²) < 4.78 is 1.88. The number of rotatable bonds is 2. The highest BCUT2D eigenvalue weighted by atomic mass is 16.2. The Bertz CT molecular complexity index is 828. The number of nitrogens with one attached hydrogen (secondary N) is 2. The first kappa shape index (κ1) is 15.1. The molecule has 1 aromatic heterocycles. The minimum atomic E-state index is -0.191. The van der Waals surface area contributed by atoms with E-state index in [9.17, 15) is 9.59 Å². The van der Waals surface area contributed by atoms with Gasteiger partial charge in [0.05, 0.1) is 0 Å². The molecule has 1 fully saturated rings. The van der Waals surface area contributed by atoms with Crippen LogP contribution in [-0.4, -0.2) is 23.6 Å². The Balaban J connectivity index is 1.67. The fourth-order valence-electron chi connectivity index (χ4n) is 3.95. The quantitative estimate of drug-likeness (QED) is 0.889. The number of piperidine rings is 1. The molecule has 2 aromatic rings. The lowest BCUT2D eigenvalue weighted by molar-refractivity contribution is 0.102. The van der Waals surface area contributed by atoms with Crippen molar-refractivity contribution in [2.24, 2.45) is 11.8 Å². The van der Waals surface area contributed by atoms with Gasteiger partial charge in [-0.05, 0) is 36.6 Å². The van der Waals surface area contributed by atoms with Crippen molar-refractivity contribution in [2.75, 3.05) is 18.4 Å². The second-order valence-electron chi connectivity index (χ2n) is 6.82. The van der Waals surface area contributed by atoms with Gasteiger partial charge in [-0.25, -0.2) is 0 Å². The lowest BCUT2D eigenvalue weighted by atomic mass is 9.75. The molecule has 1 aromatic carbocycles. The molecule has 2 unspecified atom stereocenters. The molecule has 4 rings (SSSR count). The van der Waals surface area contributed by atoms with Gasteiger partial charge in [0.1, 0.15) is 0 Å². The Labute approximate surface area is 140 Å². The number of carbonyl (C=O) groups excluding carboxylic acids is 1. The van der Waals surface area contributed by atoms with Gasteiger partial charge in [-0.15, -0.1) is 0 Å². The van der Waals surface area contributed by atoms with Gasteiger partial charge in [0.15, 0.2) is 0 Å². The molecule has 2 bridgehead atoms. The highest BCUT2D eigenvalue weighted by molar-refractivity contribution is 6.04. The molecular formula is C19H21N3O2. The highest BCUT2D eigenvalue weighted by Gasteiger charge is 2.37. The van der Waals surface area contributed by atoms with Gasteiger partial charge in [-0.1, -0.05) is 25.1 Å². The van der Waals surface area contributed by atoms with Crippen molar-refractivity contribution in [3.8, 4) is 0 Å². The van der Waals surface area contributed by atoms with Crippen LogP contribution < -0.4 is 16.2 Å². The molecule has 1 saturated heterocycles. The first-order chi connectivity index (χ1) is 11.6. The summed E-state index contributed by atoms with van der Waals surface area (Å²) in [6.45, 7) is 4.87. The maximum Gasteiger partial charge on any atom is 0.255 e. The van der Waals surface area contributed by atoms with Gasteiger partial charge in [0.25, 0.3) is 11.5 Å². The molecule has 0 radical (unpaired) electrons. The number of anilines is 1. The monoisotopic (exact) mass is 323 g/mol. The van der Waals surface area contributed by atoms with Crippen molar-refractivity contribution >= 4 is 11.6 Å². The Kier molecular flexibility index (Phi) is 3.73. The summed E-state index contributed by atoms with van der Waals surface area (Å²) in [5.74, 6) is 1.17. The second kappa shape index (κ2) is 5.91. The van der Waals surface area contributed by atoms with Crippen molar-refractivity contribution in [3.05, 3.63) is 64.1 Å². The van der Waals surface area contributed by atoms with Crippen molar-refractivity contribution in [2.45, 2.75) is 19.4 Å². The predicted molar refractivity (Wildman–Crippen MR) is 93.4 cm³/mol. The molecular weight excluding hydrogens is 302 g/mol. The number of benzene rings is 1. The lowest BCUT2D eigenvalue weighted by Gasteiger charge is -2.43. The summed E-state index contributed by atoms with van der Waals surface area (Å²) in [4.78, 5) is 24.9. The van der Waals surface area contributed by atoms with Crippen LogP contribution in [0, 0.1) is 11.8 Å². The number of carbonyl (C=O) groups is 1. The van der Waals surface area contributed by atoms with Crippen LogP contribution in [0.2, 0.25) is 0 Å². The Morgan fingerprint density at radius 2 is 2.00 bits per heavy atom. The third kappa shape index (κ3) is 2.55. The van der Waals surface area contributed by atoms with E-state index in [1.54, 1.807) is 12.1 Å². The van der Waals surface area contributed by atoms with Crippen LogP contribution in [0.25, 0.3) is 0 Å². The molecule has 0 saturated carbocycles. The summed E-state index contributed by atoms with van der Waals surface area (Å²) >= 11 is 0. The number of hydrogen-bond donors (Lipinski definition) is 2. The fraction of sp³-hybridized carbons (Fsp3) is 0.368. The topological polar surface area (TPSA) is 63.1 Å². The average molecular weight is 323 g/mol. The van der Waals surface area contributed by atoms with Gasteiger partial charge in [0, 0.05) is 42.0 Å². The number of amides is 1. The van der Waals surface area contributed by atoms with Crippen LogP contribution in [0.5, 0.6) is 0 Å². The third-order valence-electron chi connectivity index (χ3n) is 5.40. The molecule has 2 N–H and O–H groups in total. The Hall–Kier alpha value is -2.40. The summed E-state index contributed by atoms with van der Waals surface area (Å²) in [6.07, 6.45) is 0. The van der Waals surface area contributed by atoms with E-state index >= 15 is 0 Å². The van der Waals surface area contributed by atoms with Crippen LogP contribution in [0.3, 0.4) is 0 Å². The van der Waals surface area contributed by atoms with Gasteiger partial charge in [0.2, 0.25) is 0 Å². The van der Waals surface area contributed by atoms with E-state index in [4.69, 9.17) is 0 Å². The molecule has 1 amide bonds. The number of hydrogen-bond acceptors (Lipinski definition) is 3. The van der Waals surface area contributed by atoms with Crippen LogP contribution in [-0.2, 0) is 6.54 Å². The molecule has 5 nitrogen and oxygen atoms in total. The normalized spacial score (nSPS) is 25.0. The number of nitrogens with zero attached hydrogens (tertiary/aromatic N) is 1. The molecule has 0 aliphatic carbocycles. The van der Waals surface area contributed by atoms with E-state index in [1.165, 1.54) is 6.07 Å². The number of aromatic nitrogens is 1. The number of pyridine rings is 1. The molecule has 0 spiro atoms. The lowest BCUT2D eigenvalue weighted by Crippen LogP contribution is -2.49. The van der Waals surface area contributed by atoms with Crippen molar-refractivity contribution in [1.29, 1.82) is 0 Å². The summed E-state index contributed by atoms with van der Waals surface area (Å²) in [5, 5.41) is 6.33. The number of fused-ring (bicyclic) bond motifs is 4. The molecule has 124 valence electrons. The highest BCUT2D eigenvalue weighted by Crippen LogP contribution is 2.37. The molecule has 3 heterocycles. The van der Waals surface area contributed by atoms with Gasteiger partial charge >= 0.3 is 0 Å². The predicted octanol–water partition coefficient (Wildman–Crippen LogP) is 2.05. The standard InChI is InChI=1S/C19H21N3O2/c1-12-14-9-20-10-16(12)17-7-15(8-18(23)22(17)11-14)21-19(24)13-5-3-2-4-6-13/h2-8,12,14,16,20H,9-11H2,1H3,(H,21,24)/t12?,14?,16-/m0/s1. The van der Waals surface area contributed by atoms with Crippen LogP contribution in [0.15, 0.2) is 47.3 Å². The van der Waals surface area contributed by atoms with Crippen LogP contribution >= 0.6 is 0 Å². The van der Waals surface area contributed by atoms with E-state index in [2.05, 4.69) is 17.6 Å². The van der Waals surface area contributed by atoms with Crippen molar-refractivity contribution < 1.29 is 4.79 Å². The first-order valence-corrected chi connectivity index (χ1v) is 8.45. The van der Waals surface area contributed by atoms with E-state index in [0.717, 1.165) is 25.3 Å². The van der Waals surface area contributed by atoms with Gasteiger partial charge in [-0.2, -0.15) is 0 Å². The molecule has 5 heteroatoms. The Morgan fingerprint density at radius 3 is 2.79 bits per heavy atom. The average Bonchev–Trinajstić information content (AvgIpc) is 2.57. The van der Waals surface area contributed by atoms with E-state index < -0.39 is 0 Å². The van der Waals surface area contributed by atoms with Gasteiger partial charge < -0.3 is 15.2 Å². The molecule has 24 heavy (non-hydrogen) atoms. The summed E-state index contributed by atoms with van der Waals surface area (Å²) in [6, 6.07) is 12.5. The summed E-state index contributed by atoms with van der Waals surface area (Å²) in [7, 11) is 0. The smallest absolute Gasteiger partial charge is 0.255 e. The van der Waals surface area contributed by atoms with Crippen molar-refractivity contribution in [3.63, 3.8) is 0 Å². The van der Waals surface area contributed by atoms with E-state index in [1.807, 2.05) is 28.8 Å². The van der Waals surface area contributed by atoms with Crippen LogP contribution in [0.4, 0.5) is 5.69 Å². The summed E-state index contributed by atoms with van der Waals surface area (Å²) in [5.41, 5.74) is 2.17. The largest absolute Gasteiger partial charge is 0.322 e. The fourth-order valence-corrected chi connectivity index (χ4v) is 3.95. The minimum absolute atomic E-state index is 0.0281. The minimum Gasteiger partial charge on any atom is -0.322 e. The molecule has 2 aliphatic heterocycles. The van der Waals surface area contributed by atoms with Gasteiger partial charge in [-0.3, -0.25) is 9.59 Å². The van der Waals surface area contributed by atoms with E-state index in [-0.39, 0.29) is 11.5 Å². The zero-order valence-electron chi connectivity index (χ0n) is 13.7. The SMILES string of the molecule is CC1C2CNC[C@@H]1c1cc(NC(=O)c3ccccc3)cc(=O)n1C2. The molecule has 3 atom stereocenters. The maximum atomic E-state index is 12.5. The maximum absolute atomic E-state index is 12.5. The Morgan fingerprint density at radius 1 is 1.21 bits per heavy atom. The zero-order chi connectivity index (χ0) is 16.7. The van der Waals surface area contributed by atoms with Crippen molar-refractivity contribution in [1.82, 2.24) is 9.88 Å². The van der Waals surface area contributed by atoms with Crippen LogP contribution in [0.1, 0.15) is 28.9 Å². The first-order valence-electron chi connectivity index (χ1n) is 8.45. The zero-order valence-corrected chi connectivity index (χ0v) is 13.7. The third-order valence-corrected chi connectivity index (χ3v) is 5.40.